The second-order valence-corrected chi connectivity index (χ2v) is 11.1. The first kappa shape index (κ1) is 26.8. The third kappa shape index (κ3) is 5.50. The van der Waals surface area contributed by atoms with Crippen LogP contribution in [0, 0.1) is 26.2 Å². The van der Waals surface area contributed by atoms with Crippen molar-refractivity contribution in [2.75, 3.05) is 18.5 Å². The lowest BCUT2D eigenvalue weighted by molar-refractivity contribution is 0.201. The summed E-state index contributed by atoms with van der Waals surface area (Å²) in [5.74, 6) is 6.39. The van der Waals surface area contributed by atoms with E-state index in [-0.39, 0.29) is 6.61 Å². The van der Waals surface area contributed by atoms with Gasteiger partial charge in [0.2, 0.25) is 0 Å². The van der Waals surface area contributed by atoms with Gasteiger partial charge in [-0.05, 0) is 127 Å². The number of nitrogens with zero attached hydrogens (tertiary/aromatic N) is 2. The first-order chi connectivity index (χ1) is 18.8. The molecule has 0 amide bonds. The van der Waals surface area contributed by atoms with E-state index >= 15 is 0 Å². The molecule has 2 aliphatic carbocycles. The van der Waals surface area contributed by atoms with Crippen molar-refractivity contribution in [2.24, 2.45) is 21.7 Å². The van der Waals surface area contributed by atoms with Crippen LogP contribution in [0.25, 0.3) is 11.1 Å². The number of allylic oxidation sites excluding steroid dienone is 1. The van der Waals surface area contributed by atoms with Crippen molar-refractivity contribution in [3.63, 3.8) is 0 Å². The van der Waals surface area contributed by atoms with Gasteiger partial charge in [-0.3, -0.25) is 5.43 Å². The summed E-state index contributed by atoms with van der Waals surface area (Å²) in [6.45, 7) is 11.6. The molecule has 5 rings (SSSR count). The Morgan fingerprint density at radius 3 is 2.59 bits per heavy atom. The third-order valence-electron chi connectivity index (χ3n) is 8.47. The second-order valence-electron chi connectivity index (χ2n) is 11.1. The summed E-state index contributed by atoms with van der Waals surface area (Å²) in [5.41, 5.74) is 15.5. The monoisotopic (exact) mass is 525 g/mol. The van der Waals surface area contributed by atoms with Gasteiger partial charge in [-0.25, -0.2) is 0 Å². The molecule has 204 valence electrons. The van der Waals surface area contributed by atoms with Crippen LogP contribution in [0.5, 0.6) is 5.75 Å². The number of aliphatic hydroxyl groups excluding tert-OH is 1. The minimum absolute atomic E-state index is 0.00952. The van der Waals surface area contributed by atoms with Gasteiger partial charge in [-0.2, -0.15) is 0 Å². The lowest BCUT2D eigenvalue weighted by atomic mass is 9.86. The highest BCUT2D eigenvalue weighted by molar-refractivity contribution is 5.75. The van der Waals surface area contributed by atoms with Crippen LogP contribution in [0.4, 0.5) is 5.69 Å². The SMILES string of the molecule is C=C(CC1c2ccc(NCc3cccc(-c4c(C)cc(OCCO)cc4C)c3C)cc2CC12CC2)N/N=N\N. The maximum atomic E-state index is 9.09. The number of nitrogens with two attached hydrogens (primary N) is 1. The molecule has 0 aromatic heterocycles. The smallest absolute Gasteiger partial charge is 0.119 e. The number of ether oxygens (including phenoxy) is 1. The average molecular weight is 526 g/mol. The highest BCUT2D eigenvalue weighted by Gasteiger charge is 2.54. The molecule has 1 atom stereocenters. The summed E-state index contributed by atoms with van der Waals surface area (Å²) in [4.78, 5) is 0. The van der Waals surface area contributed by atoms with E-state index in [0.717, 1.165) is 36.5 Å². The Morgan fingerprint density at radius 2 is 1.90 bits per heavy atom. The van der Waals surface area contributed by atoms with Gasteiger partial charge < -0.3 is 21.0 Å². The molecule has 3 aromatic carbocycles. The van der Waals surface area contributed by atoms with Crippen molar-refractivity contribution < 1.29 is 9.84 Å². The highest BCUT2D eigenvalue weighted by Crippen LogP contribution is 2.64. The molecule has 7 nitrogen and oxygen atoms in total. The fraction of sp³-hybridized carbons (Fsp3) is 0.375. The fourth-order valence-corrected chi connectivity index (χ4v) is 6.38. The topological polar surface area (TPSA) is 104 Å². The van der Waals surface area contributed by atoms with Crippen molar-refractivity contribution in [1.82, 2.24) is 5.43 Å². The van der Waals surface area contributed by atoms with Gasteiger partial charge in [0.1, 0.15) is 12.4 Å². The minimum atomic E-state index is 0.00952. The van der Waals surface area contributed by atoms with E-state index in [2.05, 4.69) is 97.1 Å². The summed E-state index contributed by atoms with van der Waals surface area (Å²) in [6.07, 6.45) is 4.50. The third-order valence-corrected chi connectivity index (χ3v) is 8.47. The van der Waals surface area contributed by atoms with Crippen LogP contribution in [-0.4, -0.2) is 18.3 Å². The summed E-state index contributed by atoms with van der Waals surface area (Å²) in [5, 5.41) is 19.8. The zero-order valence-corrected chi connectivity index (χ0v) is 23.2. The van der Waals surface area contributed by atoms with Crippen LogP contribution in [0.2, 0.25) is 0 Å². The summed E-state index contributed by atoms with van der Waals surface area (Å²) < 4.78 is 5.66. The van der Waals surface area contributed by atoms with E-state index in [4.69, 9.17) is 15.7 Å². The van der Waals surface area contributed by atoms with Crippen LogP contribution >= 0.6 is 0 Å². The number of hydrogen-bond donors (Lipinski definition) is 4. The zero-order valence-electron chi connectivity index (χ0n) is 23.2. The molecule has 3 aromatic rings. The largest absolute Gasteiger partial charge is 0.491 e. The molecular weight excluding hydrogens is 486 g/mol. The summed E-state index contributed by atoms with van der Waals surface area (Å²) in [6, 6.07) is 17.5. The van der Waals surface area contributed by atoms with Gasteiger partial charge in [0, 0.05) is 17.9 Å². The molecule has 0 saturated heterocycles. The van der Waals surface area contributed by atoms with Gasteiger partial charge in [-0.1, -0.05) is 41.3 Å². The van der Waals surface area contributed by atoms with Crippen LogP contribution < -0.4 is 21.3 Å². The molecular formula is C32H39N5O2. The number of hydrogen-bond acceptors (Lipinski definition) is 5. The normalized spacial score (nSPS) is 16.9. The van der Waals surface area contributed by atoms with E-state index in [1.54, 1.807) is 0 Å². The highest BCUT2D eigenvalue weighted by atomic mass is 16.5. The molecule has 0 aliphatic heterocycles. The number of anilines is 1. The van der Waals surface area contributed by atoms with Gasteiger partial charge >= 0.3 is 0 Å². The van der Waals surface area contributed by atoms with Crippen molar-refractivity contribution in [1.29, 1.82) is 0 Å². The Labute approximate surface area is 231 Å². The standard InChI is InChI=1S/C32H39N5O2/c1-20-14-27(39-13-12-38)15-21(2)31(20)28-7-5-6-24(23(28)4)19-34-26-8-9-29-25(17-26)18-32(10-11-32)30(29)16-22(3)35-37-36-33/h5-9,14-15,17,30,34,38H,3,10-13,16,18-19H2,1-2,4H3,(H2,33,37)(H,35,36). The number of benzene rings is 3. The quantitative estimate of drug-likeness (QED) is 0.131. The molecule has 2 aliphatic rings. The Hall–Kier alpha value is -3.84. The minimum Gasteiger partial charge on any atom is -0.491 e. The zero-order chi connectivity index (χ0) is 27.6. The van der Waals surface area contributed by atoms with E-state index in [0.29, 0.717) is 17.9 Å². The molecule has 1 unspecified atom stereocenters. The molecule has 5 N–H and O–H groups in total. The molecule has 7 heteroatoms. The van der Waals surface area contributed by atoms with Gasteiger partial charge in [0.15, 0.2) is 0 Å². The molecule has 0 heterocycles. The first-order valence-corrected chi connectivity index (χ1v) is 13.7. The predicted octanol–water partition coefficient (Wildman–Crippen LogP) is 6.42. The first-order valence-electron chi connectivity index (χ1n) is 13.7. The van der Waals surface area contributed by atoms with Crippen LogP contribution in [0.15, 0.2) is 71.3 Å². The number of rotatable bonds is 11. The van der Waals surface area contributed by atoms with Crippen molar-refractivity contribution in [3.05, 3.63) is 94.2 Å². The second kappa shape index (κ2) is 11.1. The molecule has 39 heavy (non-hydrogen) atoms. The van der Waals surface area contributed by atoms with Crippen LogP contribution in [0.1, 0.15) is 58.6 Å². The van der Waals surface area contributed by atoms with Crippen molar-refractivity contribution >= 4 is 5.69 Å². The van der Waals surface area contributed by atoms with Crippen molar-refractivity contribution in [2.45, 2.75) is 58.9 Å². The lowest BCUT2D eigenvalue weighted by Crippen LogP contribution is -2.14. The molecule has 1 spiro atoms. The molecule has 0 bridgehead atoms. The average Bonchev–Trinajstić information content (AvgIpc) is 3.63. The number of aryl methyl sites for hydroxylation is 2. The van der Waals surface area contributed by atoms with Crippen LogP contribution in [-0.2, 0) is 13.0 Å². The Balaban J connectivity index is 1.32. The molecule has 1 saturated carbocycles. The molecule has 0 radical (unpaired) electrons. The summed E-state index contributed by atoms with van der Waals surface area (Å²) >= 11 is 0. The number of aliphatic hydroxyl groups is 1. The lowest BCUT2D eigenvalue weighted by Gasteiger charge is -2.20. The van der Waals surface area contributed by atoms with E-state index in [1.807, 2.05) is 0 Å². The Kier molecular flexibility index (Phi) is 7.62. The van der Waals surface area contributed by atoms with E-state index < -0.39 is 0 Å². The molecule has 1 fully saturated rings. The Bertz CT molecular complexity index is 1390. The van der Waals surface area contributed by atoms with Gasteiger partial charge in [0.05, 0.1) is 6.61 Å². The predicted molar refractivity (Wildman–Crippen MR) is 156 cm³/mol. The van der Waals surface area contributed by atoms with E-state index in [9.17, 15) is 0 Å². The van der Waals surface area contributed by atoms with Crippen LogP contribution in [0.3, 0.4) is 0 Å². The fourth-order valence-electron chi connectivity index (χ4n) is 6.38. The van der Waals surface area contributed by atoms with Gasteiger partial charge in [0.25, 0.3) is 0 Å². The van der Waals surface area contributed by atoms with Gasteiger partial charge in [-0.15, -0.1) is 0 Å². The maximum absolute atomic E-state index is 9.09. The maximum Gasteiger partial charge on any atom is 0.119 e. The van der Waals surface area contributed by atoms with Crippen molar-refractivity contribution in [3.8, 4) is 16.9 Å². The Morgan fingerprint density at radius 1 is 1.13 bits per heavy atom. The number of nitrogens with one attached hydrogen (secondary N) is 2. The van der Waals surface area contributed by atoms with E-state index in [1.165, 1.54) is 57.3 Å². The number of fused-ring (bicyclic) bond motifs is 1. The summed E-state index contributed by atoms with van der Waals surface area (Å²) in [7, 11) is 0.